The Kier molecular flexibility index (Phi) is 9.66. The summed E-state index contributed by atoms with van der Waals surface area (Å²) >= 11 is 18.6. The minimum atomic E-state index is -0.811. The molecule has 0 saturated carbocycles. The monoisotopic (exact) mass is 546 g/mol. The molecule has 0 spiro atoms. The molecule has 0 bridgehead atoms. The molecule has 36 heavy (non-hydrogen) atoms. The first kappa shape index (κ1) is 27.9. The van der Waals surface area contributed by atoms with Crippen LogP contribution >= 0.6 is 34.8 Å². The minimum absolute atomic E-state index is 0.100. The number of rotatable bonds is 9. The molecule has 0 aliphatic rings. The largest absolute Gasteiger partial charge is 0.484 e. The summed E-state index contributed by atoms with van der Waals surface area (Å²) in [6.45, 7) is 5.52. The van der Waals surface area contributed by atoms with Gasteiger partial charge in [-0.2, -0.15) is 0 Å². The van der Waals surface area contributed by atoms with Crippen LogP contribution in [0.25, 0.3) is 0 Å². The summed E-state index contributed by atoms with van der Waals surface area (Å²) < 4.78 is 5.74. The fourth-order valence-electron chi connectivity index (χ4n) is 3.63. The Bertz CT molecular complexity index is 1200. The lowest BCUT2D eigenvalue weighted by Crippen LogP contribution is -2.55. The summed E-state index contributed by atoms with van der Waals surface area (Å²) in [5, 5.41) is 4.41. The maximum Gasteiger partial charge on any atom is 0.261 e. The van der Waals surface area contributed by atoms with Crippen LogP contribution in [0.15, 0.2) is 72.8 Å². The Morgan fingerprint density at radius 2 is 1.61 bits per heavy atom. The molecule has 0 fully saturated rings. The third kappa shape index (κ3) is 8.44. The average Bonchev–Trinajstić information content (AvgIpc) is 2.80. The molecular formula is C28H29Cl3N2O3. The third-order valence-electron chi connectivity index (χ3n) is 5.28. The van der Waals surface area contributed by atoms with Gasteiger partial charge in [0.25, 0.3) is 5.91 Å². The smallest absolute Gasteiger partial charge is 0.261 e. The first-order valence-corrected chi connectivity index (χ1v) is 12.6. The Morgan fingerprint density at radius 1 is 0.917 bits per heavy atom. The molecule has 0 saturated heterocycles. The summed E-state index contributed by atoms with van der Waals surface area (Å²) in [6.07, 6.45) is 0.316. The summed E-state index contributed by atoms with van der Waals surface area (Å²) in [5.41, 5.74) is 1.09. The van der Waals surface area contributed by atoms with Crippen LogP contribution in [0.5, 0.6) is 5.75 Å². The number of hydrogen-bond acceptors (Lipinski definition) is 3. The number of carbonyl (C=O) groups is 2. The fraction of sp³-hybridized carbons (Fsp3) is 0.286. The van der Waals surface area contributed by atoms with Crippen LogP contribution < -0.4 is 10.1 Å². The van der Waals surface area contributed by atoms with Gasteiger partial charge in [-0.25, -0.2) is 0 Å². The summed E-state index contributed by atoms with van der Waals surface area (Å²) in [4.78, 5) is 28.7. The van der Waals surface area contributed by atoms with E-state index < -0.39 is 11.6 Å². The van der Waals surface area contributed by atoms with E-state index in [9.17, 15) is 9.59 Å². The zero-order valence-electron chi connectivity index (χ0n) is 20.4. The number of halogens is 3. The van der Waals surface area contributed by atoms with Crippen molar-refractivity contribution in [2.75, 3.05) is 6.61 Å². The maximum absolute atomic E-state index is 13.6. The van der Waals surface area contributed by atoms with Gasteiger partial charge in [-0.15, -0.1) is 0 Å². The molecule has 1 N–H and O–H groups in total. The summed E-state index contributed by atoms with van der Waals surface area (Å²) in [5.74, 6) is -0.183. The van der Waals surface area contributed by atoms with Gasteiger partial charge in [0, 0.05) is 33.6 Å². The topological polar surface area (TPSA) is 58.6 Å². The van der Waals surface area contributed by atoms with E-state index in [0.29, 0.717) is 32.8 Å². The number of carbonyl (C=O) groups excluding carboxylic acids is 2. The second kappa shape index (κ2) is 12.5. The van der Waals surface area contributed by atoms with E-state index in [1.54, 1.807) is 42.5 Å². The lowest BCUT2D eigenvalue weighted by Gasteiger charge is -2.34. The van der Waals surface area contributed by atoms with Crippen molar-refractivity contribution < 1.29 is 14.3 Å². The number of nitrogens with zero attached hydrogens (tertiary/aromatic N) is 1. The first-order valence-electron chi connectivity index (χ1n) is 11.5. The average molecular weight is 548 g/mol. The van der Waals surface area contributed by atoms with Gasteiger partial charge in [0.05, 0.1) is 0 Å². The molecule has 2 amide bonds. The second-order valence-corrected chi connectivity index (χ2v) is 10.7. The van der Waals surface area contributed by atoms with Gasteiger partial charge in [-0.3, -0.25) is 9.59 Å². The molecule has 3 aromatic carbocycles. The van der Waals surface area contributed by atoms with E-state index in [1.165, 1.54) is 4.90 Å². The standard InChI is InChI=1S/C28H29Cl3N2O3/c1-28(2,3)32-27(35)25(14-19-8-5-4-6-9-19)33(17-20-12-13-22(30)16-24(20)31)26(34)18-36-23-11-7-10-21(29)15-23/h4-13,15-16,25H,14,17-18H2,1-3H3,(H,32,35)/t25-/m1/s1. The molecule has 5 nitrogen and oxygen atoms in total. The van der Waals surface area contributed by atoms with Crippen LogP contribution in [-0.4, -0.2) is 34.9 Å². The number of hydrogen-bond donors (Lipinski definition) is 1. The van der Waals surface area contributed by atoms with Gasteiger partial charge in [-0.1, -0.05) is 77.3 Å². The third-order valence-corrected chi connectivity index (χ3v) is 6.11. The van der Waals surface area contributed by atoms with E-state index >= 15 is 0 Å². The van der Waals surface area contributed by atoms with Crippen LogP contribution in [-0.2, 0) is 22.6 Å². The molecule has 0 aliphatic carbocycles. The Labute approximate surface area is 227 Å². The lowest BCUT2D eigenvalue weighted by molar-refractivity contribution is -0.143. The quantitative estimate of drug-likeness (QED) is 0.329. The second-order valence-electron chi connectivity index (χ2n) is 9.45. The molecule has 3 aromatic rings. The van der Waals surface area contributed by atoms with Crippen molar-refractivity contribution in [1.29, 1.82) is 0 Å². The van der Waals surface area contributed by atoms with Crippen LogP contribution in [0.3, 0.4) is 0 Å². The number of ether oxygens (including phenoxy) is 1. The molecule has 0 unspecified atom stereocenters. The SMILES string of the molecule is CC(C)(C)NC(=O)[C@@H](Cc1ccccc1)N(Cc1ccc(Cl)cc1Cl)C(=O)COc1cccc(Cl)c1. The van der Waals surface area contributed by atoms with E-state index in [2.05, 4.69) is 5.32 Å². The fourth-order valence-corrected chi connectivity index (χ4v) is 4.27. The summed E-state index contributed by atoms with van der Waals surface area (Å²) in [7, 11) is 0. The highest BCUT2D eigenvalue weighted by atomic mass is 35.5. The first-order chi connectivity index (χ1) is 17.0. The van der Waals surface area contributed by atoms with Crippen molar-refractivity contribution in [3.05, 3.63) is 99.0 Å². The van der Waals surface area contributed by atoms with Gasteiger partial charge >= 0.3 is 0 Å². The van der Waals surface area contributed by atoms with E-state index in [4.69, 9.17) is 39.5 Å². The van der Waals surface area contributed by atoms with Crippen LogP contribution in [0.2, 0.25) is 15.1 Å². The van der Waals surface area contributed by atoms with Crippen LogP contribution in [0, 0.1) is 0 Å². The molecule has 1 atom stereocenters. The van der Waals surface area contributed by atoms with Gasteiger partial charge < -0.3 is 15.0 Å². The highest BCUT2D eigenvalue weighted by molar-refractivity contribution is 6.35. The van der Waals surface area contributed by atoms with Gasteiger partial charge in [-0.05, 0) is 62.2 Å². The zero-order chi connectivity index (χ0) is 26.3. The molecule has 190 valence electrons. The van der Waals surface area contributed by atoms with Crippen LogP contribution in [0.1, 0.15) is 31.9 Å². The maximum atomic E-state index is 13.6. The van der Waals surface area contributed by atoms with E-state index in [1.807, 2.05) is 51.1 Å². The van der Waals surface area contributed by atoms with Gasteiger partial charge in [0.15, 0.2) is 6.61 Å². The van der Waals surface area contributed by atoms with Crippen molar-refractivity contribution in [2.45, 2.75) is 45.3 Å². The van der Waals surface area contributed by atoms with Crippen molar-refractivity contribution in [3.8, 4) is 5.75 Å². The predicted octanol–water partition coefficient (Wildman–Crippen LogP) is 6.58. The lowest BCUT2D eigenvalue weighted by atomic mass is 10.0. The Hall–Kier alpha value is -2.73. The van der Waals surface area contributed by atoms with Crippen molar-refractivity contribution >= 4 is 46.6 Å². The molecule has 8 heteroatoms. The van der Waals surface area contributed by atoms with Gasteiger partial charge in [0.1, 0.15) is 11.8 Å². The molecule has 3 rings (SSSR count). The molecule has 0 aromatic heterocycles. The zero-order valence-corrected chi connectivity index (χ0v) is 22.7. The number of amides is 2. The van der Waals surface area contributed by atoms with E-state index in [-0.39, 0.29) is 25.0 Å². The molecule has 0 aliphatic heterocycles. The normalized spacial score (nSPS) is 12.1. The molecule has 0 heterocycles. The Balaban J connectivity index is 1.96. The predicted molar refractivity (Wildman–Crippen MR) is 146 cm³/mol. The molecule has 0 radical (unpaired) electrons. The van der Waals surface area contributed by atoms with Crippen molar-refractivity contribution in [2.24, 2.45) is 0 Å². The highest BCUT2D eigenvalue weighted by Gasteiger charge is 2.32. The summed E-state index contributed by atoms with van der Waals surface area (Å²) in [6, 6.07) is 20.6. The van der Waals surface area contributed by atoms with E-state index in [0.717, 1.165) is 5.56 Å². The van der Waals surface area contributed by atoms with Crippen molar-refractivity contribution in [3.63, 3.8) is 0 Å². The number of nitrogens with one attached hydrogen (secondary N) is 1. The van der Waals surface area contributed by atoms with Gasteiger partial charge in [0.2, 0.25) is 5.91 Å². The minimum Gasteiger partial charge on any atom is -0.484 e. The highest BCUT2D eigenvalue weighted by Crippen LogP contribution is 2.25. The Morgan fingerprint density at radius 3 is 2.25 bits per heavy atom. The number of benzene rings is 3. The van der Waals surface area contributed by atoms with Crippen LogP contribution in [0.4, 0.5) is 0 Å². The van der Waals surface area contributed by atoms with Crippen molar-refractivity contribution in [1.82, 2.24) is 10.2 Å². The molecular weight excluding hydrogens is 519 g/mol.